The van der Waals surface area contributed by atoms with Gasteiger partial charge in [0.1, 0.15) is 5.76 Å². The molecule has 2 saturated carbocycles. The number of alkyl halides is 1. The predicted octanol–water partition coefficient (Wildman–Crippen LogP) is 3.48. The Kier molecular flexibility index (Phi) is 6.54. The summed E-state index contributed by atoms with van der Waals surface area (Å²) in [5.41, 5.74) is -6.73. The molecule has 0 aromatic heterocycles. The van der Waals surface area contributed by atoms with E-state index >= 15 is 4.39 Å². The maximum Gasteiger partial charge on any atom is 0.306 e. The highest BCUT2D eigenvalue weighted by Crippen LogP contribution is 2.70. The van der Waals surface area contributed by atoms with Crippen LogP contribution in [0.2, 0.25) is 0 Å². The van der Waals surface area contributed by atoms with Crippen molar-refractivity contribution in [1.29, 1.82) is 0 Å². The van der Waals surface area contributed by atoms with Crippen LogP contribution in [0.4, 0.5) is 4.39 Å². The van der Waals surface area contributed by atoms with Gasteiger partial charge in [-0.1, -0.05) is 33.8 Å². The van der Waals surface area contributed by atoms with Crippen molar-refractivity contribution < 1.29 is 43.3 Å². The van der Waals surface area contributed by atoms with Crippen LogP contribution >= 0.6 is 0 Å². The van der Waals surface area contributed by atoms with Crippen LogP contribution in [0.5, 0.6) is 0 Å². The van der Waals surface area contributed by atoms with Crippen LogP contribution in [0.1, 0.15) is 60.3 Å². The largest absolute Gasteiger partial charge is 0.508 e. The van der Waals surface area contributed by atoms with Crippen LogP contribution in [0.3, 0.4) is 0 Å². The number of ketones is 2. The number of esters is 2. The molecule has 0 aromatic carbocycles. The van der Waals surface area contributed by atoms with Crippen molar-refractivity contribution >= 4 is 23.5 Å². The molecule has 4 aliphatic rings. The van der Waals surface area contributed by atoms with Crippen LogP contribution in [-0.4, -0.2) is 57.7 Å². The van der Waals surface area contributed by atoms with Gasteiger partial charge in [0.2, 0.25) is 5.78 Å². The van der Waals surface area contributed by atoms with E-state index in [9.17, 15) is 29.4 Å². The number of halogens is 1. The summed E-state index contributed by atoms with van der Waals surface area (Å²) in [4.78, 5) is 50.3. The van der Waals surface area contributed by atoms with Crippen LogP contribution in [-0.2, 0) is 28.7 Å². The van der Waals surface area contributed by atoms with Gasteiger partial charge in [0.05, 0.1) is 11.5 Å². The fourth-order valence-corrected chi connectivity index (χ4v) is 7.57. The number of Topliss-reactive ketones (excluding diaryl/α,β-unsaturated/α-hetero) is 1. The van der Waals surface area contributed by atoms with Gasteiger partial charge in [0, 0.05) is 35.7 Å². The van der Waals surface area contributed by atoms with Crippen molar-refractivity contribution in [1.82, 2.24) is 0 Å². The number of fused-ring (bicyclic) bond motifs is 5. The first kappa shape index (κ1) is 27.2. The number of hydrogen-bond donors (Lipinski definition) is 2. The Bertz CT molecular complexity index is 1140. The van der Waals surface area contributed by atoms with E-state index in [1.54, 1.807) is 34.6 Å². The Balaban J connectivity index is 1.87. The van der Waals surface area contributed by atoms with Gasteiger partial charge >= 0.3 is 11.9 Å². The Morgan fingerprint density at radius 3 is 2.43 bits per heavy atom. The number of ether oxygens (including phenoxy) is 2. The highest BCUT2D eigenvalue weighted by molar-refractivity contribution is 6.02. The first-order valence-corrected chi connectivity index (χ1v) is 12.9. The summed E-state index contributed by atoms with van der Waals surface area (Å²) < 4.78 is 28.4. The summed E-state index contributed by atoms with van der Waals surface area (Å²) in [6.07, 6.45) is 3.58. The van der Waals surface area contributed by atoms with E-state index in [2.05, 4.69) is 0 Å². The number of carbonyl (C=O) groups excluding carboxylic acids is 4. The van der Waals surface area contributed by atoms with Crippen LogP contribution in [0.25, 0.3) is 0 Å². The van der Waals surface area contributed by atoms with Crippen LogP contribution in [0, 0.1) is 28.6 Å². The highest BCUT2D eigenvalue weighted by Gasteiger charge is 2.77. The molecule has 0 heterocycles. The zero-order valence-electron chi connectivity index (χ0n) is 21.9. The molecule has 0 amide bonds. The van der Waals surface area contributed by atoms with E-state index in [0.29, 0.717) is 0 Å². The van der Waals surface area contributed by atoms with E-state index in [0.717, 1.165) is 0 Å². The second-order valence-corrected chi connectivity index (χ2v) is 11.2. The van der Waals surface area contributed by atoms with Gasteiger partial charge in [-0.05, 0) is 43.9 Å². The summed E-state index contributed by atoms with van der Waals surface area (Å²) >= 11 is 0. The van der Waals surface area contributed by atoms with Gasteiger partial charge < -0.3 is 19.7 Å². The number of carbonyl (C=O) groups is 4. The normalized spacial score (nSPS) is 42.1. The number of hydrogen-bond acceptors (Lipinski definition) is 8. The topological polar surface area (TPSA) is 127 Å². The molecule has 0 aromatic rings. The third kappa shape index (κ3) is 3.49. The molecule has 202 valence electrons. The molecule has 2 N–H and O–H groups in total. The molecule has 0 saturated heterocycles. The molecule has 0 radical (unpaired) electrons. The predicted molar refractivity (Wildman–Crippen MR) is 130 cm³/mol. The standard InChI is InChI=1S/C28H35FO8/c1-6-23(34)36-14-22(33)28(37-24(35)7-2)15(3)10-17-18-12-20(31)19-11-16(30)8-9-25(19,4)27(18,29)21(32)13-26(17,28)5/h8-9,11-12,15,17-18,21,31-32H,6-7,10,13-14H2,1-5H3/t15-,17-,18-,21-,25-,26-,27-,28+/m0/s1. The minimum atomic E-state index is -2.31. The number of rotatable bonds is 6. The number of aliphatic hydroxyl groups excluding tert-OH is 2. The molecule has 37 heavy (non-hydrogen) atoms. The molecule has 0 aliphatic heterocycles. The van der Waals surface area contributed by atoms with Crippen molar-refractivity contribution in [3.63, 3.8) is 0 Å². The van der Waals surface area contributed by atoms with Gasteiger partial charge in [-0.25, -0.2) is 4.39 Å². The maximum absolute atomic E-state index is 17.4. The summed E-state index contributed by atoms with van der Waals surface area (Å²) in [5, 5.41) is 22.5. The average molecular weight is 519 g/mol. The van der Waals surface area contributed by atoms with Gasteiger partial charge in [-0.3, -0.25) is 19.2 Å². The first-order valence-electron chi connectivity index (χ1n) is 12.9. The number of aliphatic hydroxyl groups is 2. The SMILES string of the molecule is CCC(=O)OCC(=O)[C@]1(OC(=O)CC)[C@@H](C)C[C@H]2[C@@H]3C=C(O)C4=CC(=O)C=C[C@]4(C)[C@@]3(F)[C@@H](O)C[C@@]21C. The zero-order valence-corrected chi connectivity index (χ0v) is 21.9. The second kappa shape index (κ2) is 8.89. The Morgan fingerprint density at radius 1 is 1.16 bits per heavy atom. The Labute approximate surface area is 215 Å². The molecule has 9 heteroatoms. The fourth-order valence-electron chi connectivity index (χ4n) is 7.57. The Hall–Kier alpha value is -2.81. The van der Waals surface area contributed by atoms with E-state index in [1.807, 2.05) is 0 Å². The van der Waals surface area contributed by atoms with Crippen molar-refractivity contribution in [3.8, 4) is 0 Å². The first-order chi connectivity index (χ1) is 17.2. The summed E-state index contributed by atoms with van der Waals surface area (Å²) in [6.45, 7) is 7.54. The molecule has 4 aliphatic carbocycles. The molecule has 2 fully saturated rings. The van der Waals surface area contributed by atoms with Crippen molar-refractivity contribution in [2.45, 2.75) is 77.7 Å². The minimum absolute atomic E-state index is 0.0119. The quantitative estimate of drug-likeness (QED) is 0.512. The van der Waals surface area contributed by atoms with E-state index in [-0.39, 0.29) is 37.0 Å². The number of allylic oxidation sites excluding steroid dienone is 5. The summed E-state index contributed by atoms with van der Waals surface area (Å²) in [5.74, 6) is -4.77. The minimum Gasteiger partial charge on any atom is -0.508 e. The molecular formula is C28H35FO8. The molecule has 0 bridgehead atoms. The zero-order chi connectivity index (χ0) is 27.6. The lowest BCUT2D eigenvalue weighted by molar-refractivity contribution is -0.219. The van der Waals surface area contributed by atoms with Crippen molar-refractivity contribution in [2.75, 3.05) is 6.61 Å². The highest BCUT2D eigenvalue weighted by atomic mass is 19.1. The molecule has 8 nitrogen and oxygen atoms in total. The van der Waals surface area contributed by atoms with Gasteiger partial charge in [-0.15, -0.1) is 0 Å². The van der Waals surface area contributed by atoms with E-state index in [1.165, 1.54) is 24.3 Å². The van der Waals surface area contributed by atoms with Gasteiger partial charge in [0.25, 0.3) is 0 Å². The smallest absolute Gasteiger partial charge is 0.306 e. The summed E-state index contributed by atoms with van der Waals surface area (Å²) in [6, 6.07) is 0. The molecule has 4 rings (SSSR count). The molecular weight excluding hydrogens is 483 g/mol. The fraction of sp³-hybridized carbons (Fsp3) is 0.643. The van der Waals surface area contributed by atoms with E-state index in [4.69, 9.17) is 9.47 Å². The van der Waals surface area contributed by atoms with Gasteiger partial charge in [-0.2, -0.15) is 0 Å². The van der Waals surface area contributed by atoms with Crippen molar-refractivity contribution in [2.24, 2.45) is 28.6 Å². The Morgan fingerprint density at radius 2 is 1.81 bits per heavy atom. The lowest BCUT2D eigenvalue weighted by Gasteiger charge is -2.61. The van der Waals surface area contributed by atoms with Crippen molar-refractivity contribution in [3.05, 3.63) is 35.6 Å². The van der Waals surface area contributed by atoms with Crippen LogP contribution in [0.15, 0.2) is 35.6 Å². The molecule has 0 spiro atoms. The summed E-state index contributed by atoms with van der Waals surface area (Å²) in [7, 11) is 0. The third-order valence-corrected chi connectivity index (χ3v) is 9.46. The lowest BCUT2D eigenvalue weighted by Crippen LogP contribution is -2.69. The maximum atomic E-state index is 17.4. The van der Waals surface area contributed by atoms with Gasteiger partial charge in [0.15, 0.2) is 23.7 Å². The molecule has 8 atom stereocenters. The van der Waals surface area contributed by atoms with Crippen LogP contribution < -0.4 is 0 Å². The third-order valence-electron chi connectivity index (χ3n) is 9.46. The average Bonchev–Trinajstić information content (AvgIpc) is 3.07. The lowest BCUT2D eigenvalue weighted by atomic mass is 9.46. The monoisotopic (exact) mass is 518 g/mol. The molecule has 0 unspecified atom stereocenters. The van der Waals surface area contributed by atoms with E-state index < -0.39 is 76.1 Å². The second-order valence-electron chi connectivity index (χ2n) is 11.2.